The van der Waals surface area contributed by atoms with Gasteiger partial charge in [0.25, 0.3) is 5.91 Å². The highest BCUT2D eigenvalue weighted by Crippen LogP contribution is 2.26. The number of phenolic OH excluding ortho intramolecular Hbond substituents is 2. The van der Waals surface area contributed by atoms with Gasteiger partial charge in [0.05, 0.1) is 11.9 Å². The molecule has 0 atom stereocenters. The van der Waals surface area contributed by atoms with Gasteiger partial charge < -0.3 is 15.1 Å². The van der Waals surface area contributed by atoms with Crippen LogP contribution in [0.25, 0.3) is 0 Å². The van der Waals surface area contributed by atoms with Gasteiger partial charge in [0, 0.05) is 18.8 Å². The van der Waals surface area contributed by atoms with Crippen LogP contribution in [0.4, 0.5) is 5.69 Å². The number of aromatic nitrogens is 1. The van der Waals surface area contributed by atoms with Gasteiger partial charge in [-0.25, -0.2) is 0 Å². The van der Waals surface area contributed by atoms with Crippen LogP contribution in [0.1, 0.15) is 10.4 Å². The molecular formula is C13H12N2O3. The van der Waals surface area contributed by atoms with Crippen LogP contribution in [-0.2, 0) is 0 Å². The summed E-state index contributed by atoms with van der Waals surface area (Å²) in [5.41, 5.74) is 0.937. The van der Waals surface area contributed by atoms with E-state index in [-0.39, 0.29) is 23.0 Å². The number of carbonyl (C=O) groups is 1. The predicted octanol–water partition coefficient (Wildman–Crippen LogP) is 1.77. The molecule has 0 aliphatic rings. The van der Waals surface area contributed by atoms with Gasteiger partial charge in [-0.1, -0.05) is 0 Å². The van der Waals surface area contributed by atoms with Crippen LogP contribution in [0.15, 0.2) is 42.7 Å². The highest BCUT2D eigenvalue weighted by Gasteiger charge is 2.14. The lowest BCUT2D eigenvalue weighted by Crippen LogP contribution is -2.26. The SMILES string of the molecule is CN(C(=O)c1ccc(O)c(O)c1)c1cccnc1. The minimum Gasteiger partial charge on any atom is -0.504 e. The van der Waals surface area contributed by atoms with Crippen LogP contribution in [0.2, 0.25) is 0 Å². The number of phenols is 2. The highest BCUT2D eigenvalue weighted by molar-refractivity contribution is 6.05. The monoisotopic (exact) mass is 244 g/mol. The third-order valence-corrected chi connectivity index (χ3v) is 2.56. The molecule has 1 aromatic carbocycles. The van der Waals surface area contributed by atoms with Crippen LogP contribution in [0.5, 0.6) is 11.5 Å². The number of benzene rings is 1. The van der Waals surface area contributed by atoms with Crippen LogP contribution in [-0.4, -0.2) is 28.2 Å². The van der Waals surface area contributed by atoms with E-state index in [1.807, 2.05) is 0 Å². The number of rotatable bonds is 2. The molecule has 1 amide bonds. The molecule has 2 N–H and O–H groups in total. The fourth-order valence-corrected chi connectivity index (χ4v) is 1.52. The van der Waals surface area contributed by atoms with Crippen LogP contribution in [0.3, 0.4) is 0 Å². The Morgan fingerprint density at radius 2 is 2.00 bits per heavy atom. The van der Waals surface area contributed by atoms with Crippen molar-refractivity contribution in [1.29, 1.82) is 0 Å². The van der Waals surface area contributed by atoms with E-state index in [2.05, 4.69) is 4.98 Å². The summed E-state index contributed by atoms with van der Waals surface area (Å²) < 4.78 is 0. The zero-order valence-electron chi connectivity index (χ0n) is 9.74. The molecule has 5 heteroatoms. The summed E-state index contributed by atoms with van der Waals surface area (Å²) in [6.45, 7) is 0. The van der Waals surface area contributed by atoms with Gasteiger partial charge in [0.1, 0.15) is 0 Å². The Morgan fingerprint density at radius 1 is 1.22 bits per heavy atom. The van der Waals surface area contributed by atoms with Crippen molar-refractivity contribution in [2.45, 2.75) is 0 Å². The van der Waals surface area contributed by atoms with Gasteiger partial charge in [-0.2, -0.15) is 0 Å². The first-order valence-corrected chi connectivity index (χ1v) is 5.29. The maximum absolute atomic E-state index is 12.1. The van der Waals surface area contributed by atoms with Crippen molar-refractivity contribution in [3.8, 4) is 11.5 Å². The van der Waals surface area contributed by atoms with Crippen molar-refractivity contribution in [2.24, 2.45) is 0 Å². The Balaban J connectivity index is 2.29. The maximum Gasteiger partial charge on any atom is 0.258 e. The van der Waals surface area contributed by atoms with Gasteiger partial charge in [-0.15, -0.1) is 0 Å². The molecule has 0 aliphatic carbocycles. The Kier molecular flexibility index (Phi) is 3.14. The van der Waals surface area contributed by atoms with Crippen LogP contribution < -0.4 is 4.90 Å². The molecule has 0 saturated heterocycles. The normalized spacial score (nSPS) is 10.1. The first-order valence-electron chi connectivity index (χ1n) is 5.29. The molecule has 0 bridgehead atoms. The zero-order valence-corrected chi connectivity index (χ0v) is 9.74. The molecule has 0 fully saturated rings. The first-order chi connectivity index (χ1) is 8.59. The molecule has 18 heavy (non-hydrogen) atoms. The molecule has 0 unspecified atom stereocenters. The number of hydrogen-bond acceptors (Lipinski definition) is 4. The fourth-order valence-electron chi connectivity index (χ4n) is 1.52. The molecule has 1 aromatic heterocycles. The summed E-state index contributed by atoms with van der Waals surface area (Å²) in [5, 5.41) is 18.6. The second-order valence-electron chi connectivity index (χ2n) is 3.78. The van der Waals surface area contributed by atoms with E-state index < -0.39 is 0 Å². The quantitative estimate of drug-likeness (QED) is 0.789. The summed E-state index contributed by atoms with van der Waals surface area (Å²) in [6.07, 6.45) is 3.19. The smallest absolute Gasteiger partial charge is 0.258 e. The van der Waals surface area contributed by atoms with Gasteiger partial charge in [0.2, 0.25) is 0 Å². The maximum atomic E-state index is 12.1. The number of nitrogens with zero attached hydrogens (tertiary/aromatic N) is 2. The number of anilines is 1. The average molecular weight is 244 g/mol. The molecule has 5 nitrogen and oxygen atoms in total. The number of pyridine rings is 1. The van der Waals surface area contributed by atoms with Gasteiger partial charge in [0.15, 0.2) is 11.5 Å². The standard InChI is InChI=1S/C13H12N2O3/c1-15(10-3-2-6-14-8-10)13(18)9-4-5-11(16)12(17)7-9/h2-8,16-17H,1H3. The van der Waals surface area contributed by atoms with Gasteiger partial charge in [-0.3, -0.25) is 9.78 Å². The van der Waals surface area contributed by atoms with Crippen molar-refractivity contribution in [1.82, 2.24) is 4.98 Å². The van der Waals surface area contributed by atoms with Crippen molar-refractivity contribution >= 4 is 11.6 Å². The molecule has 92 valence electrons. The minimum atomic E-state index is -0.319. The zero-order chi connectivity index (χ0) is 13.1. The topological polar surface area (TPSA) is 73.7 Å². The molecule has 1 heterocycles. The van der Waals surface area contributed by atoms with E-state index in [9.17, 15) is 15.0 Å². The lowest BCUT2D eigenvalue weighted by atomic mass is 10.1. The lowest BCUT2D eigenvalue weighted by Gasteiger charge is -2.16. The summed E-state index contributed by atoms with van der Waals surface area (Å²) in [5.74, 6) is -0.866. The first kappa shape index (κ1) is 11.9. The molecule has 2 aromatic rings. The summed E-state index contributed by atoms with van der Waals surface area (Å²) in [7, 11) is 1.61. The van der Waals surface area contributed by atoms with E-state index >= 15 is 0 Å². The largest absolute Gasteiger partial charge is 0.504 e. The van der Waals surface area contributed by atoms with Crippen LogP contribution in [0, 0.1) is 0 Å². The Hall–Kier alpha value is -2.56. The summed E-state index contributed by atoms with van der Waals surface area (Å²) in [4.78, 5) is 17.5. The number of amides is 1. The molecule has 0 aliphatic heterocycles. The van der Waals surface area contributed by atoms with Crippen LogP contribution >= 0.6 is 0 Å². The van der Waals surface area contributed by atoms with E-state index in [4.69, 9.17) is 0 Å². The minimum absolute atomic E-state index is 0.254. The summed E-state index contributed by atoms with van der Waals surface area (Å²) >= 11 is 0. The Morgan fingerprint density at radius 3 is 2.61 bits per heavy atom. The fraction of sp³-hybridized carbons (Fsp3) is 0.0769. The molecule has 0 spiro atoms. The van der Waals surface area contributed by atoms with E-state index in [0.29, 0.717) is 5.69 Å². The third-order valence-electron chi connectivity index (χ3n) is 2.56. The number of aromatic hydroxyl groups is 2. The molecule has 2 rings (SSSR count). The lowest BCUT2D eigenvalue weighted by molar-refractivity contribution is 0.0992. The molecule has 0 saturated carbocycles. The Bertz CT molecular complexity index is 570. The van der Waals surface area contributed by atoms with Crippen molar-refractivity contribution in [3.63, 3.8) is 0 Å². The number of carbonyl (C=O) groups excluding carboxylic acids is 1. The summed E-state index contributed by atoms with van der Waals surface area (Å²) in [6, 6.07) is 7.44. The van der Waals surface area contributed by atoms with Crippen molar-refractivity contribution in [2.75, 3.05) is 11.9 Å². The van der Waals surface area contributed by atoms with Gasteiger partial charge in [-0.05, 0) is 30.3 Å². The second-order valence-corrected chi connectivity index (χ2v) is 3.78. The number of hydrogen-bond donors (Lipinski definition) is 2. The van der Waals surface area contributed by atoms with E-state index in [1.165, 1.54) is 23.1 Å². The average Bonchev–Trinajstić information content (AvgIpc) is 2.41. The molecule has 0 radical (unpaired) electrons. The van der Waals surface area contributed by atoms with E-state index in [1.54, 1.807) is 31.6 Å². The van der Waals surface area contributed by atoms with Crippen molar-refractivity contribution < 1.29 is 15.0 Å². The Labute approximate surface area is 104 Å². The van der Waals surface area contributed by atoms with Crippen molar-refractivity contribution in [3.05, 3.63) is 48.3 Å². The van der Waals surface area contributed by atoms with Gasteiger partial charge >= 0.3 is 0 Å². The van der Waals surface area contributed by atoms with E-state index in [0.717, 1.165) is 0 Å². The second kappa shape index (κ2) is 4.75. The highest BCUT2D eigenvalue weighted by atomic mass is 16.3. The third kappa shape index (κ3) is 2.24. The molecular weight excluding hydrogens is 232 g/mol. The predicted molar refractivity (Wildman–Crippen MR) is 66.7 cm³/mol.